The predicted octanol–water partition coefficient (Wildman–Crippen LogP) is 2.45. The summed E-state index contributed by atoms with van der Waals surface area (Å²) < 4.78 is 63.0. The van der Waals surface area contributed by atoms with Crippen LogP contribution in [0.25, 0.3) is 0 Å². The molecule has 7 heteroatoms. The number of benzene rings is 1. The minimum Gasteiger partial charge on any atom is -0.384 e. The summed E-state index contributed by atoms with van der Waals surface area (Å²) in [6.07, 6.45) is -8.52. The lowest BCUT2D eigenvalue weighted by Gasteiger charge is -2.29. The van der Waals surface area contributed by atoms with Crippen molar-refractivity contribution >= 4 is 0 Å². The number of aliphatic hydroxyl groups excluding tert-OH is 1. The summed E-state index contributed by atoms with van der Waals surface area (Å²) >= 11 is 0. The number of halogens is 5. The van der Waals surface area contributed by atoms with Crippen molar-refractivity contribution in [3.05, 3.63) is 35.4 Å². The predicted molar refractivity (Wildman–Crippen MR) is 54.6 cm³/mol. The van der Waals surface area contributed by atoms with Crippen LogP contribution in [0.2, 0.25) is 0 Å². The molecule has 1 rings (SSSR count). The second-order valence-corrected chi connectivity index (χ2v) is 4.28. The molecule has 0 bridgehead atoms. The molecule has 0 aromatic heterocycles. The van der Waals surface area contributed by atoms with Crippen molar-refractivity contribution < 1.29 is 27.1 Å². The molecule has 0 spiro atoms. The van der Waals surface area contributed by atoms with Crippen LogP contribution in [0.3, 0.4) is 0 Å². The van der Waals surface area contributed by atoms with Gasteiger partial charge in [0.25, 0.3) is 0 Å². The Bertz CT molecular complexity index is 430. The van der Waals surface area contributed by atoms with Crippen LogP contribution in [0.1, 0.15) is 18.9 Å². The first-order valence-electron chi connectivity index (χ1n) is 5.04. The highest BCUT2D eigenvalue weighted by Gasteiger charge is 2.42. The molecule has 0 fully saturated rings. The molecule has 2 nitrogen and oxygen atoms in total. The molecule has 0 saturated heterocycles. The highest BCUT2D eigenvalue weighted by molar-refractivity contribution is 5.26. The molecule has 0 aliphatic carbocycles. The number of aliphatic hydroxyl groups is 1. The van der Waals surface area contributed by atoms with Crippen molar-refractivity contribution in [2.75, 3.05) is 0 Å². The third-order valence-corrected chi connectivity index (χ3v) is 2.56. The molecule has 0 aliphatic rings. The molecule has 2 atom stereocenters. The van der Waals surface area contributed by atoms with Gasteiger partial charge in [-0.15, -0.1) is 0 Å². The van der Waals surface area contributed by atoms with Gasteiger partial charge in [-0.1, -0.05) is 12.1 Å². The van der Waals surface area contributed by atoms with Gasteiger partial charge >= 0.3 is 6.18 Å². The highest BCUT2D eigenvalue weighted by Crippen LogP contribution is 2.32. The van der Waals surface area contributed by atoms with Gasteiger partial charge in [0, 0.05) is 17.5 Å². The molecule has 3 N–H and O–H groups in total. The first-order valence-corrected chi connectivity index (χ1v) is 5.04. The Balaban J connectivity index is 3.03. The normalized spacial score (nSPS) is 17.3. The summed E-state index contributed by atoms with van der Waals surface area (Å²) in [7, 11) is 0. The summed E-state index contributed by atoms with van der Waals surface area (Å²) in [4.78, 5) is 0. The van der Waals surface area contributed by atoms with E-state index in [9.17, 15) is 22.0 Å². The van der Waals surface area contributed by atoms with Crippen LogP contribution < -0.4 is 5.73 Å². The van der Waals surface area contributed by atoms with Crippen LogP contribution in [-0.4, -0.2) is 17.4 Å². The fraction of sp³-hybridized carbons (Fsp3) is 0.455. The number of rotatable bonds is 3. The second kappa shape index (κ2) is 4.81. The fourth-order valence-electron chi connectivity index (χ4n) is 1.57. The van der Waals surface area contributed by atoms with E-state index in [1.54, 1.807) is 0 Å². The molecular formula is C11H12F5NO. The Morgan fingerprint density at radius 3 is 2.33 bits per heavy atom. The van der Waals surface area contributed by atoms with Gasteiger partial charge in [-0.3, -0.25) is 0 Å². The Morgan fingerprint density at radius 1 is 1.28 bits per heavy atom. The molecule has 0 aliphatic heterocycles. The Labute approximate surface area is 100 Å². The molecule has 0 heterocycles. The maximum atomic E-state index is 13.4. The summed E-state index contributed by atoms with van der Waals surface area (Å²) in [5.74, 6) is -2.51. The van der Waals surface area contributed by atoms with Crippen LogP contribution in [0.15, 0.2) is 18.2 Å². The molecule has 0 unspecified atom stereocenters. The van der Waals surface area contributed by atoms with Gasteiger partial charge < -0.3 is 10.8 Å². The zero-order valence-electron chi connectivity index (χ0n) is 9.43. The van der Waals surface area contributed by atoms with Crippen LogP contribution in [0, 0.1) is 11.6 Å². The van der Waals surface area contributed by atoms with Crippen LogP contribution in [-0.2, 0) is 5.54 Å². The Morgan fingerprint density at radius 2 is 1.83 bits per heavy atom. The van der Waals surface area contributed by atoms with Crippen molar-refractivity contribution in [3.63, 3.8) is 0 Å². The van der Waals surface area contributed by atoms with E-state index in [0.29, 0.717) is 0 Å². The average Bonchev–Trinajstić information content (AvgIpc) is 2.19. The lowest BCUT2D eigenvalue weighted by atomic mass is 9.87. The summed E-state index contributed by atoms with van der Waals surface area (Å²) in [5, 5.41) is 8.92. The first kappa shape index (κ1) is 14.8. The molecule has 0 saturated carbocycles. The third kappa shape index (κ3) is 3.17. The van der Waals surface area contributed by atoms with E-state index >= 15 is 0 Å². The second-order valence-electron chi connectivity index (χ2n) is 4.28. The van der Waals surface area contributed by atoms with Crippen molar-refractivity contribution in [1.82, 2.24) is 0 Å². The third-order valence-electron chi connectivity index (χ3n) is 2.56. The van der Waals surface area contributed by atoms with E-state index < -0.39 is 41.4 Å². The van der Waals surface area contributed by atoms with Crippen molar-refractivity contribution in [2.24, 2.45) is 5.73 Å². The van der Waals surface area contributed by atoms with E-state index in [1.807, 2.05) is 0 Å². The average molecular weight is 269 g/mol. The lowest BCUT2D eigenvalue weighted by Crippen LogP contribution is -2.42. The van der Waals surface area contributed by atoms with E-state index in [-0.39, 0.29) is 0 Å². The molecule has 1 aromatic carbocycles. The van der Waals surface area contributed by atoms with Gasteiger partial charge in [0.15, 0.2) is 17.7 Å². The smallest absolute Gasteiger partial charge is 0.384 e. The summed E-state index contributed by atoms with van der Waals surface area (Å²) in [5.41, 5.74) is 3.30. The fourth-order valence-corrected chi connectivity index (χ4v) is 1.57. The SMILES string of the molecule is C[C@](N)(C[C@H](O)C(F)(F)F)c1cccc(F)c1F. The van der Waals surface area contributed by atoms with Gasteiger partial charge in [-0.2, -0.15) is 13.2 Å². The maximum absolute atomic E-state index is 13.4. The van der Waals surface area contributed by atoms with E-state index in [2.05, 4.69) is 0 Å². The molecule has 0 radical (unpaired) electrons. The molecule has 0 amide bonds. The van der Waals surface area contributed by atoms with Gasteiger partial charge in [-0.25, -0.2) is 8.78 Å². The minimum absolute atomic E-state index is 0.411. The maximum Gasteiger partial charge on any atom is 0.414 e. The van der Waals surface area contributed by atoms with E-state index in [4.69, 9.17) is 10.8 Å². The Kier molecular flexibility index (Phi) is 3.97. The van der Waals surface area contributed by atoms with Crippen molar-refractivity contribution in [2.45, 2.75) is 31.2 Å². The minimum atomic E-state index is -4.86. The van der Waals surface area contributed by atoms with Gasteiger partial charge in [0.1, 0.15) is 0 Å². The standard InChI is InChI=1S/C11H12F5NO/c1-10(17,5-8(18)11(14,15)16)6-3-2-4-7(12)9(6)13/h2-4,8,18H,5,17H2,1H3/t8-,10-/m0/s1. The number of hydrogen-bond donors (Lipinski definition) is 2. The zero-order valence-corrected chi connectivity index (χ0v) is 9.43. The van der Waals surface area contributed by atoms with Crippen LogP contribution in [0.4, 0.5) is 22.0 Å². The van der Waals surface area contributed by atoms with Crippen molar-refractivity contribution in [3.8, 4) is 0 Å². The summed E-state index contributed by atoms with van der Waals surface area (Å²) in [6, 6.07) is 3.05. The largest absolute Gasteiger partial charge is 0.414 e. The van der Waals surface area contributed by atoms with Crippen LogP contribution >= 0.6 is 0 Å². The topological polar surface area (TPSA) is 46.2 Å². The van der Waals surface area contributed by atoms with Gasteiger partial charge in [0.05, 0.1) is 0 Å². The molecule has 18 heavy (non-hydrogen) atoms. The molecule has 1 aromatic rings. The Hall–Kier alpha value is -1.21. The zero-order chi connectivity index (χ0) is 14.1. The van der Waals surface area contributed by atoms with Crippen molar-refractivity contribution in [1.29, 1.82) is 0 Å². The monoisotopic (exact) mass is 269 g/mol. The first-order chi connectivity index (χ1) is 8.05. The number of hydrogen-bond acceptors (Lipinski definition) is 2. The van der Waals surface area contributed by atoms with Gasteiger partial charge in [-0.05, 0) is 13.0 Å². The van der Waals surface area contributed by atoms with E-state index in [0.717, 1.165) is 25.1 Å². The lowest BCUT2D eigenvalue weighted by molar-refractivity contribution is -0.209. The highest BCUT2D eigenvalue weighted by atomic mass is 19.4. The number of nitrogens with two attached hydrogens (primary N) is 1. The van der Waals surface area contributed by atoms with Gasteiger partial charge in [0.2, 0.25) is 0 Å². The number of alkyl halides is 3. The van der Waals surface area contributed by atoms with Crippen LogP contribution in [0.5, 0.6) is 0 Å². The molecule has 102 valence electrons. The quantitative estimate of drug-likeness (QED) is 0.828. The summed E-state index contributed by atoms with van der Waals surface area (Å²) in [6.45, 7) is 1.10. The molecular weight excluding hydrogens is 257 g/mol. The van der Waals surface area contributed by atoms with E-state index in [1.165, 1.54) is 0 Å².